The molecule has 0 rings (SSSR count). The lowest BCUT2D eigenvalue weighted by Crippen LogP contribution is -2.00. The van der Waals surface area contributed by atoms with Gasteiger partial charge in [0, 0.05) is 0 Å². The van der Waals surface area contributed by atoms with Crippen molar-refractivity contribution in [3.63, 3.8) is 0 Å². The van der Waals surface area contributed by atoms with Crippen LogP contribution in [0.1, 0.15) is 104 Å². The Morgan fingerprint density at radius 3 is 1.32 bits per heavy atom. The smallest absolute Gasteiger partial charge is 0.0985 e. The Morgan fingerprint density at radius 2 is 0.947 bits per heavy atom. The molecule has 0 saturated carbocycles. The zero-order valence-electron chi connectivity index (χ0n) is 14.2. The first-order valence-electron chi connectivity index (χ1n) is 9.35. The molecule has 1 atom stereocenters. The summed E-state index contributed by atoms with van der Waals surface area (Å²) in [6, 6.07) is 0. The number of hydrogen-bond donors (Lipinski definition) is 0. The van der Waals surface area contributed by atoms with Crippen LogP contribution in [0.3, 0.4) is 0 Å². The number of hydrogen-bond acceptors (Lipinski definition) is 0. The van der Waals surface area contributed by atoms with E-state index in [2.05, 4.69) is 13.8 Å². The van der Waals surface area contributed by atoms with Crippen molar-refractivity contribution in [2.45, 2.75) is 109 Å². The van der Waals surface area contributed by atoms with E-state index in [1.807, 2.05) is 0 Å². The van der Waals surface area contributed by atoms with Gasteiger partial charge in [-0.1, -0.05) is 115 Å². The van der Waals surface area contributed by atoms with Crippen LogP contribution in [0, 0.1) is 5.92 Å². The molecular formula is C18H39Al. The molecule has 114 valence electrons. The highest BCUT2D eigenvalue weighted by Crippen LogP contribution is 2.21. The monoisotopic (exact) mass is 282 g/mol. The Kier molecular flexibility index (Phi) is 17.1. The second kappa shape index (κ2) is 16.6. The van der Waals surface area contributed by atoms with Crippen LogP contribution in [0.4, 0.5) is 0 Å². The summed E-state index contributed by atoms with van der Waals surface area (Å²) >= 11 is 1.41. The summed E-state index contributed by atoms with van der Waals surface area (Å²) in [6.07, 6.45) is 20.6. The normalized spacial score (nSPS) is 12.7. The maximum Gasteiger partial charge on any atom is 0.212 e. The van der Waals surface area contributed by atoms with E-state index in [-0.39, 0.29) is 0 Å². The van der Waals surface area contributed by atoms with Gasteiger partial charge in [0.25, 0.3) is 0 Å². The zero-order valence-corrected chi connectivity index (χ0v) is 16.2. The molecule has 0 saturated heterocycles. The lowest BCUT2D eigenvalue weighted by Gasteiger charge is -2.14. The van der Waals surface area contributed by atoms with E-state index in [9.17, 15) is 0 Å². The van der Waals surface area contributed by atoms with Crippen LogP contribution < -0.4 is 0 Å². The molecule has 0 amide bonds. The van der Waals surface area contributed by atoms with E-state index in [1.165, 1.54) is 106 Å². The topological polar surface area (TPSA) is 0 Å². The lowest BCUT2D eigenvalue weighted by atomic mass is 9.95. The van der Waals surface area contributed by atoms with Gasteiger partial charge in [0.2, 0.25) is 16.3 Å². The average Bonchev–Trinajstić information content (AvgIpc) is 2.44. The molecule has 0 heterocycles. The zero-order chi connectivity index (χ0) is 14.2. The van der Waals surface area contributed by atoms with Crippen LogP contribution in [-0.4, -0.2) is 16.3 Å². The first-order chi connectivity index (χ1) is 9.35. The fourth-order valence-electron chi connectivity index (χ4n) is 2.98. The van der Waals surface area contributed by atoms with Crippen molar-refractivity contribution in [2.24, 2.45) is 5.92 Å². The molecular weight excluding hydrogens is 243 g/mol. The van der Waals surface area contributed by atoms with E-state index in [0.29, 0.717) is 0 Å². The molecule has 0 nitrogen and oxygen atoms in total. The number of rotatable bonds is 15. The minimum Gasteiger partial charge on any atom is -0.0985 e. The molecule has 19 heavy (non-hydrogen) atoms. The Hall–Kier alpha value is 0.532. The summed E-state index contributed by atoms with van der Waals surface area (Å²) in [4.78, 5) is 0. The van der Waals surface area contributed by atoms with Gasteiger partial charge >= 0.3 is 0 Å². The number of unbranched alkanes of at least 4 members (excludes halogenated alkanes) is 10. The van der Waals surface area contributed by atoms with Crippen molar-refractivity contribution in [3.05, 3.63) is 0 Å². The average molecular weight is 282 g/mol. The van der Waals surface area contributed by atoms with Gasteiger partial charge in [-0.2, -0.15) is 0 Å². The molecule has 0 aliphatic rings. The maximum atomic E-state index is 2.31. The summed E-state index contributed by atoms with van der Waals surface area (Å²) in [5, 5.41) is 1.55. The van der Waals surface area contributed by atoms with Crippen molar-refractivity contribution >= 4 is 16.3 Å². The second-order valence-electron chi connectivity index (χ2n) is 6.39. The first-order valence-corrected chi connectivity index (χ1v) is 10.8. The molecule has 1 unspecified atom stereocenters. The van der Waals surface area contributed by atoms with Crippen molar-refractivity contribution in [1.29, 1.82) is 0 Å². The highest BCUT2D eigenvalue weighted by Gasteiger charge is 2.05. The molecule has 0 aromatic rings. The van der Waals surface area contributed by atoms with Gasteiger partial charge in [0.1, 0.15) is 0 Å². The van der Waals surface area contributed by atoms with E-state index >= 15 is 0 Å². The fraction of sp³-hybridized carbons (Fsp3) is 1.00. The fourth-order valence-corrected chi connectivity index (χ4v) is 3.80. The molecule has 0 spiro atoms. The van der Waals surface area contributed by atoms with Gasteiger partial charge in [-0.3, -0.25) is 0 Å². The van der Waals surface area contributed by atoms with Crippen LogP contribution in [-0.2, 0) is 0 Å². The Labute approximate surface area is 131 Å². The highest BCUT2D eigenvalue weighted by molar-refractivity contribution is 6.08. The summed E-state index contributed by atoms with van der Waals surface area (Å²) < 4.78 is 0. The molecule has 0 aliphatic carbocycles. The van der Waals surface area contributed by atoms with Crippen molar-refractivity contribution < 1.29 is 0 Å². The molecule has 0 aromatic heterocycles. The summed E-state index contributed by atoms with van der Waals surface area (Å²) in [5.74, 6) is 1.09. The molecule has 0 fully saturated rings. The van der Waals surface area contributed by atoms with E-state index in [4.69, 9.17) is 0 Å². The van der Waals surface area contributed by atoms with Crippen LogP contribution in [0.25, 0.3) is 0 Å². The third kappa shape index (κ3) is 14.7. The second-order valence-corrected chi connectivity index (χ2v) is 7.20. The summed E-state index contributed by atoms with van der Waals surface area (Å²) in [6.45, 7) is 4.61. The van der Waals surface area contributed by atoms with E-state index in [1.54, 1.807) is 5.28 Å². The largest absolute Gasteiger partial charge is 0.212 e. The Morgan fingerprint density at radius 1 is 0.579 bits per heavy atom. The van der Waals surface area contributed by atoms with Gasteiger partial charge in [-0.05, 0) is 0 Å². The molecule has 0 aliphatic heterocycles. The summed E-state index contributed by atoms with van der Waals surface area (Å²) in [7, 11) is 0. The third-order valence-electron chi connectivity index (χ3n) is 4.51. The van der Waals surface area contributed by atoms with Gasteiger partial charge in [0.15, 0.2) is 0 Å². The molecule has 0 aromatic carbocycles. The van der Waals surface area contributed by atoms with Crippen LogP contribution in [0.5, 0.6) is 0 Å². The van der Waals surface area contributed by atoms with Crippen molar-refractivity contribution in [3.8, 4) is 0 Å². The quantitative estimate of drug-likeness (QED) is 0.249. The first kappa shape index (κ1) is 19.5. The Bertz CT molecular complexity index is 156. The van der Waals surface area contributed by atoms with Crippen LogP contribution >= 0.6 is 0 Å². The van der Waals surface area contributed by atoms with Crippen molar-refractivity contribution in [2.75, 3.05) is 0 Å². The highest BCUT2D eigenvalue weighted by atomic mass is 27.0. The van der Waals surface area contributed by atoms with Gasteiger partial charge in [-0.25, -0.2) is 0 Å². The minimum atomic E-state index is 1.09. The standard InChI is InChI=1S/C18H37.Al.2H/c1-4-6-8-10-11-13-15-17-18(3)16-14-12-9-7-5-2;;;/h18H,3-17H2,1-2H3;;;. The molecule has 1 heteroatoms. The van der Waals surface area contributed by atoms with Crippen LogP contribution in [0.2, 0.25) is 5.28 Å². The van der Waals surface area contributed by atoms with E-state index < -0.39 is 0 Å². The minimum absolute atomic E-state index is 1.09. The Balaban J connectivity index is 3.29. The van der Waals surface area contributed by atoms with Gasteiger partial charge < -0.3 is 0 Å². The predicted octanol–water partition coefficient (Wildman–Crippen LogP) is 6.16. The van der Waals surface area contributed by atoms with E-state index in [0.717, 1.165) is 5.92 Å². The SMILES string of the molecule is CCCCCCCCCC([CH2][AlH2])CCCCCCC. The van der Waals surface area contributed by atoms with Gasteiger partial charge in [-0.15, -0.1) is 0 Å². The van der Waals surface area contributed by atoms with Crippen LogP contribution in [0.15, 0.2) is 0 Å². The van der Waals surface area contributed by atoms with Crippen molar-refractivity contribution in [1.82, 2.24) is 0 Å². The maximum absolute atomic E-state index is 2.31. The molecule has 0 radical (unpaired) electrons. The summed E-state index contributed by atoms with van der Waals surface area (Å²) in [5.41, 5.74) is 0. The molecule has 0 N–H and O–H groups in total. The molecule has 0 bridgehead atoms. The van der Waals surface area contributed by atoms with Gasteiger partial charge in [0.05, 0.1) is 0 Å². The predicted molar refractivity (Wildman–Crippen MR) is 92.8 cm³/mol. The third-order valence-corrected chi connectivity index (χ3v) is 5.66. The lowest BCUT2D eigenvalue weighted by molar-refractivity contribution is 0.432.